The predicted octanol–water partition coefficient (Wildman–Crippen LogP) is 0.600. The largest absolute Gasteiger partial charge is 0.480 e. The van der Waals surface area contributed by atoms with Gasteiger partial charge in [0.2, 0.25) is 0 Å². The summed E-state index contributed by atoms with van der Waals surface area (Å²) in [6, 6.07) is -0.450. The van der Waals surface area contributed by atoms with Crippen LogP contribution in [0.5, 0.6) is 0 Å². The van der Waals surface area contributed by atoms with Crippen LogP contribution in [0.3, 0.4) is 0 Å². The Labute approximate surface area is 79.0 Å². The van der Waals surface area contributed by atoms with Gasteiger partial charge in [0, 0.05) is 0 Å². The number of hydrogen-bond acceptors (Lipinski definition) is 3. The molecule has 2 unspecified atom stereocenters. The molecule has 0 bridgehead atoms. The van der Waals surface area contributed by atoms with Crippen molar-refractivity contribution >= 4 is 5.97 Å². The van der Waals surface area contributed by atoms with E-state index in [1.807, 2.05) is 6.92 Å². The monoisotopic (exact) mass is 189 g/mol. The smallest absolute Gasteiger partial charge is 0.320 e. The van der Waals surface area contributed by atoms with Crippen molar-refractivity contribution in [3.8, 4) is 0 Å². The molecule has 0 aromatic rings. The Morgan fingerprint density at radius 2 is 2.15 bits per heavy atom. The quantitative estimate of drug-likeness (QED) is 0.513. The summed E-state index contributed by atoms with van der Waals surface area (Å²) in [7, 11) is 0. The second kappa shape index (κ2) is 6.86. The van der Waals surface area contributed by atoms with Crippen LogP contribution < -0.4 is 5.32 Å². The lowest BCUT2D eigenvalue weighted by Gasteiger charge is -2.12. The third kappa shape index (κ3) is 6.54. The van der Waals surface area contributed by atoms with Gasteiger partial charge >= 0.3 is 5.97 Å². The summed E-state index contributed by atoms with van der Waals surface area (Å²) in [5, 5.41) is 20.5. The molecular weight excluding hydrogens is 170 g/mol. The molecule has 0 aliphatic rings. The number of aliphatic carboxylic acids is 1. The van der Waals surface area contributed by atoms with Crippen molar-refractivity contribution < 1.29 is 15.0 Å². The minimum absolute atomic E-state index is 0.299. The van der Waals surface area contributed by atoms with E-state index in [2.05, 4.69) is 5.32 Å². The maximum absolute atomic E-state index is 10.5. The van der Waals surface area contributed by atoms with Gasteiger partial charge in [-0.15, -0.1) is 0 Å². The Hall–Kier alpha value is -0.610. The van der Waals surface area contributed by atoms with Crippen LogP contribution in [0.25, 0.3) is 0 Å². The molecule has 78 valence electrons. The Balaban J connectivity index is 3.44. The van der Waals surface area contributed by atoms with Gasteiger partial charge in [0.15, 0.2) is 0 Å². The van der Waals surface area contributed by atoms with E-state index in [9.17, 15) is 4.79 Å². The molecule has 0 aliphatic carbocycles. The van der Waals surface area contributed by atoms with Crippen molar-refractivity contribution in [2.45, 2.75) is 45.3 Å². The normalized spacial score (nSPS) is 15.3. The Bertz CT molecular complexity index is 148. The minimum Gasteiger partial charge on any atom is -0.480 e. The van der Waals surface area contributed by atoms with Gasteiger partial charge in [-0.1, -0.05) is 6.92 Å². The zero-order valence-corrected chi connectivity index (χ0v) is 8.29. The fourth-order valence-electron chi connectivity index (χ4n) is 1.08. The van der Waals surface area contributed by atoms with E-state index < -0.39 is 12.0 Å². The molecule has 2 atom stereocenters. The van der Waals surface area contributed by atoms with Gasteiger partial charge in [-0.25, -0.2) is 0 Å². The summed E-state index contributed by atoms with van der Waals surface area (Å²) in [5.74, 6) is -0.806. The van der Waals surface area contributed by atoms with Gasteiger partial charge in [0.05, 0.1) is 6.10 Å². The molecule has 4 nitrogen and oxygen atoms in total. The summed E-state index contributed by atoms with van der Waals surface area (Å²) < 4.78 is 0. The fourth-order valence-corrected chi connectivity index (χ4v) is 1.08. The van der Waals surface area contributed by atoms with Crippen LogP contribution in [-0.2, 0) is 4.79 Å². The zero-order valence-electron chi connectivity index (χ0n) is 8.29. The summed E-state index contributed by atoms with van der Waals surface area (Å²) in [6.07, 6.45) is 1.81. The van der Waals surface area contributed by atoms with Gasteiger partial charge in [0.25, 0.3) is 0 Å². The first-order chi connectivity index (χ1) is 6.07. The van der Waals surface area contributed by atoms with Crippen molar-refractivity contribution in [1.82, 2.24) is 5.32 Å². The third-order valence-corrected chi connectivity index (χ3v) is 1.90. The minimum atomic E-state index is -0.806. The first-order valence-corrected chi connectivity index (χ1v) is 4.72. The number of rotatable bonds is 7. The lowest BCUT2D eigenvalue weighted by atomic mass is 10.2. The molecule has 0 spiro atoms. The van der Waals surface area contributed by atoms with Crippen LogP contribution in [0.1, 0.15) is 33.1 Å². The number of aliphatic hydroxyl groups is 1. The SMILES string of the molecule is CCC(NCCCC(C)O)C(=O)O. The van der Waals surface area contributed by atoms with Gasteiger partial charge < -0.3 is 15.5 Å². The van der Waals surface area contributed by atoms with Crippen molar-refractivity contribution in [2.75, 3.05) is 6.54 Å². The number of carboxylic acids is 1. The van der Waals surface area contributed by atoms with Crippen LogP contribution in [-0.4, -0.2) is 34.9 Å². The molecule has 0 amide bonds. The molecule has 0 radical (unpaired) electrons. The highest BCUT2D eigenvalue weighted by Gasteiger charge is 2.12. The Morgan fingerprint density at radius 1 is 1.54 bits per heavy atom. The standard InChI is InChI=1S/C9H19NO3/c1-3-8(9(12)13)10-6-4-5-7(2)11/h7-8,10-11H,3-6H2,1-2H3,(H,12,13). The van der Waals surface area contributed by atoms with Crippen LogP contribution in [0.2, 0.25) is 0 Å². The second-order valence-electron chi connectivity index (χ2n) is 3.24. The zero-order chi connectivity index (χ0) is 10.3. The van der Waals surface area contributed by atoms with Crippen LogP contribution >= 0.6 is 0 Å². The molecular formula is C9H19NO3. The molecule has 13 heavy (non-hydrogen) atoms. The number of nitrogens with one attached hydrogen (secondary N) is 1. The van der Waals surface area contributed by atoms with Gasteiger partial charge in [-0.3, -0.25) is 4.79 Å². The van der Waals surface area contributed by atoms with E-state index in [4.69, 9.17) is 10.2 Å². The maximum atomic E-state index is 10.5. The lowest BCUT2D eigenvalue weighted by Crippen LogP contribution is -2.36. The summed E-state index contributed by atoms with van der Waals surface area (Å²) >= 11 is 0. The second-order valence-corrected chi connectivity index (χ2v) is 3.24. The van der Waals surface area contributed by atoms with E-state index in [1.165, 1.54) is 0 Å². The molecule has 0 saturated carbocycles. The highest BCUT2D eigenvalue weighted by Crippen LogP contribution is 1.96. The van der Waals surface area contributed by atoms with Crippen molar-refractivity contribution in [2.24, 2.45) is 0 Å². The Kier molecular flexibility index (Phi) is 6.54. The molecule has 0 aromatic heterocycles. The van der Waals surface area contributed by atoms with E-state index in [0.717, 1.165) is 6.42 Å². The van der Waals surface area contributed by atoms with Crippen LogP contribution in [0.4, 0.5) is 0 Å². The van der Waals surface area contributed by atoms with Gasteiger partial charge in [0.1, 0.15) is 6.04 Å². The van der Waals surface area contributed by atoms with E-state index in [1.54, 1.807) is 6.92 Å². The molecule has 4 heteroatoms. The van der Waals surface area contributed by atoms with Crippen molar-refractivity contribution in [1.29, 1.82) is 0 Å². The van der Waals surface area contributed by atoms with Gasteiger partial charge in [-0.2, -0.15) is 0 Å². The average Bonchev–Trinajstić information content (AvgIpc) is 2.03. The van der Waals surface area contributed by atoms with E-state index in [-0.39, 0.29) is 6.10 Å². The fraction of sp³-hybridized carbons (Fsp3) is 0.889. The molecule has 3 N–H and O–H groups in total. The first-order valence-electron chi connectivity index (χ1n) is 4.72. The number of aliphatic hydroxyl groups excluding tert-OH is 1. The topological polar surface area (TPSA) is 69.6 Å². The molecule has 0 heterocycles. The summed E-state index contributed by atoms with van der Waals surface area (Å²) in [4.78, 5) is 10.5. The number of hydrogen-bond donors (Lipinski definition) is 3. The van der Waals surface area contributed by atoms with E-state index in [0.29, 0.717) is 19.4 Å². The molecule has 0 saturated heterocycles. The highest BCUT2D eigenvalue weighted by molar-refractivity contribution is 5.73. The lowest BCUT2D eigenvalue weighted by molar-refractivity contribution is -0.139. The molecule has 0 rings (SSSR count). The van der Waals surface area contributed by atoms with E-state index >= 15 is 0 Å². The third-order valence-electron chi connectivity index (χ3n) is 1.90. The summed E-state index contributed by atoms with van der Waals surface area (Å²) in [5.41, 5.74) is 0. The Morgan fingerprint density at radius 3 is 2.54 bits per heavy atom. The number of carboxylic acid groups (broad SMARTS) is 1. The molecule has 0 aromatic carbocycles. The number of carbonyl (C=O) groups is 1. The average molecular weight is 189 g/mol. The van der Waals surface area contributed by atoms with Gasteiger partial charge in [-0.05, 0) is 32.7 Å². The predicted molar refractivity (Wildman–Crippen MR) is 50.6 cm³/mol. The highest BCUT2D eigenvalue weighted by atomic mass is 16.4. The van der Waals surface area contributed by atoms with Crippen molar-refractivity contribution in [3.05, 3.63) is 0 Å². The van der Waals surface area contributed by atoms with Crippen LogP contribution in [0.15, 0.2) is 0 Å². The first kappa shape index (κ1) is 12.4. The summed E-state index contributed by atoms with van der Waals surface area (Å²) in [6.45, 7) is 4.21. The van der Waals surface area contributed by atoms with Crippen LogP contribution in [0, 0.1) is 0 Å². The maximum Gasteiger partial charge on any atom is 0.320 e. The molecule has 0 fully saturated rings. The van der Waals surface area contributed by atoms with Crippen molar-refractivity contribution in [3.63, 3.8) is 0 Å². The molecule has 0 aliphatic heterocycles.